The van der Waals surface area contributed by atoms with Gasteiger partial charge in [0.05, 0.1) is 7.11 Å². The van der Waals surface area contributed by atoms with Crippen molar-refractivity contribution in [3.8, 4) is 5.75 Å². The number of nitrogens with one attached hydrogen (secondary N) is 2. The highest BCUT2D eigenvalue weighted by atomic mass is 16.6. The van der Waals surface area contributed by atoms with Crippen LogP contribution >= 0.6 is 0 Å². The van der Waals surface area contributed by atoms with Gasteiger partial charge in [-0.25, -0.2) is 4.79 Å². The fourth-order valence-electron chi connectivity index (χ4n) is 4.72. The van der Waals surface area contributed by atoms with Gasteiger partial charge in [-0.05, 0) is 94.3 Å². The number of primary amides is 1. The largest absolute Gasteiger partial charge is 0.497 e. The fourth-order valence-corrected chi connectivity index (χ4v) is 4.72. The molecule has 4 atom stereocenters. The molecule has 0 radical (unpaired) electrons. The molecule has 3 rings (SSSR count). The van der Waals surface area contributed by atoms with Crippen molar-refractivity contribution in [2.24, 2.45) is 11.7 Å². The van der Waals surface area contributed by atoms with E-state index < -0.39 is 41.5 Å². The summed E-state index contributed by atoms with van der Waals surface area (Å²) in [7, 11) is 1.56. The normalized spacial score (nSPS) is 17.5. The molecule has 0 aromatic heterocycles. The number of carbonyl (C=O) groups excluding carboxylic acids is 4. The number of alkyl carbamates (subject to hydrolysis) is 1. The number of hydrogen-bond acceptors (Lipinski definition) is 6. The fraction of sp³-hybridized carbons (Fsp3) is 0.484. The van der Waals surface area contributed by atoms with Crippen LogP contribution in [0.4, 0.5) is 10.5 Å². The van der Waals surface area contributed by atoms with Gasteiger partial charge >= 0.3 is 6.09 Å². The quantitative estimate of drug-likeness (QED) is 0.369. The summed E-state index contributed by atoms with van der Waals surface area (Å²) in [5.74, 6) is -0.713. The zero-order chi connectivity index (χ0) is 30.5. The number of methoxy groups -OCH3 is 1. The molecule has 0 aliphatic heterocycles. The van der Waals surface area contributed by atoms with Crippen LogP contribution in [0.2, 0.25) is 0 Å². The van der Waals surface area contributed by atoms with Gasteiger partial charge in [-0.15, -0.1) is 0 Å². The Kier molecular flexibility index (Phi) is 10.0. The van der Waals surface area contributed by atoms with E-state index in [0.29, 0.717) is 23.4 Å². The smallest absolute Gasteiger partial charge is 0.408 e. The molecule has 0 saturated heterocycles. The monoisotopic (exact) mass is 566 g/mol. The van der Waals surface area contributed by atoms with Gasteiger partial charge in [0.1, 0.15) is 23.4 Å². The lowest BCUT2D eigenvalue weighted by Gasteiger charge is -2.36. The highest BCUT2D eigenvalue weighted by Crippen LogP contribution is 2.42. The summed E-state index contributed by atoms with van der Waals surface area (Å²) in [6, 6.07) is 10.2. The lowest BCUT2D eigenvalue weighted by molar-refractivity contribution is -0.142. The van der Waals surface area contributed by atoms with Gasteiger partial charge in [0.2, 0.25) is 11.8 Å². The number of anilines is 1. The molecule has 1 saturated carbocycles. The zero-order valence-corrected chi connectivity index (χ0v) is 24.9. The van der Waals surface area contributed by atoms with Crippen LogP contribution in [0.1, 0.15) is 69.7 Å². The summed E-state index contributed by atoms with van der Waals surface area (Å²) in [6.07, 6.45) is -0.273. The Balaban J connectivity index is 2.06. The van der Waals surface area contributed by atoms with Crippen LogP contribution in [0.25, 0.3) is 0 Å². The molecule has 1 aliphatic rings. The van der Waals surface area contributed by atoms with Crippen molar-refractivity contribution in [1.29, 1.82) is 0 Å². The maximum Gasteiger partial charge on any atom is 0.408 e. The molecule has 2 aromatic carbocycles. The van der Waals surface area contributed by atoms with E-state index in [1.54, 1.807) is 57.0 Å². The van der Waals surface area contributed by atoms with Crippen LogP contribution in [-0.2, 0) is 19.1 Å². The summed E-state index contributed by atoms with van der Waals surface area (Å²) in [4.78, 5) is 54.4. The molecule has 41 heavy (non-hydrogen) atoms. The first-order chi connectivity index (χ1) is 19.2. The van der Waals surface area contributed by atoms with E-state index in [1.165, 1.54) is 0 Å². The summed E-state index contributed by atoms with van der Waals surface area (Å²) in [6.45, 7) is 11.0. The lowest BCUT2D eigenvalue weighted by atomic mass is 9.94. The molecule has 4 amide bonds. The van der Waals surface area contributed by atoms with E-state index in [0.717, 1.165) is 11.1 Å². The van der Waals surface area contributed by atoms with Crippen LogP contribution < -0.4 is 21.1 Å². The molecule has 10 heteroatoms. The average molecular weight is 567 g/mol. The summed E-state index contributed by atoms with van der Waals surface area (Å²) < 4.78 is 10.6. The molecule has 0 spiro atoms. The maximum absolute atomic E-state index is 14.3. The van der Waals surface area contributed by atoms with E-state index in [1.807, 2.05) is 39.0 Å². The Bertz CT molecular complexity index is 1270. The van der Waals surface area contributed by atoms with Crippen molar-refractivity contribution in [3.63, 3.8) is 0 Å². The topological polar surface area (TPSA) is 140 Å². The summed E-state index contributed by atoms with van der Waals surface area (Å²) in [5, 5.41) is 5.59. The minimum absolute atomic E-state index is 0.0371. The summed E-state index contributed by atoms with van der Waals surface area (Å²) in [5.41, 5.74) is 7.67. The highest BCUT2D eigenvalue weighted by molar-refractivity contribution is 5.99. The lowest BCUT2D eigenvalue weighted by Crippen LogP contribution is -2.53. The molecule has 4 unspecified atom stereocenters. The number of amides is 4. The van der Waals surface area contributed by atoms with Crippen molar-refractivity contribution in [3.05, 3.63) is 59.2 Å². The molecule has 0 heterocycles. The average Bonchev–Trinajstić information content (AvgIpc) is 3.61. The van der Waals surface area contributed by atoms with Crippen molar-refractivity contribution < 1.29 is 28.7 Å². The number of benzene rings is 2. The molecule has 4 N–H and O–H groups in total. The first kappa shape index (κ1) is 31.4. The molecule has 222 valence electrons. The van der Waals surface area contributed by atoms with Gasteiger partial charge in [-0.3, -0.25) is 14.4 Å². The van der Waals surface area contributed by atoms with Gasteiger partial charge in [0, 0.05) is 18.2 Å². The van der Waals surface area contributed by atoms with Crippen LogP contribution in [0.15, 0.2) is 42.5 Å². The predicted octanol–water partition coefficient (Wildman–Crippen LogP) is 4.39. The number of nitrogens with zero attached hydrogens (tertiary/aromatic N) is 1. The van der Waals surface area contributed by atoms with E-state index in [4.69, 9.17) is 15.2 Å². The Morgan fingerprint density at radius 1 is 1.07 bits per heavy atom. The standard InChI is InChI=1S/C31H42N4O6/c1-18-9-8-10-23(20(18)3)27(28(37)33-21-11-13-22(40-7)14-12-21)35(25-17-19(25)2)29(38)24(15-16-26(32)36)34-30(39)41-31(4,5)6/h8-14,19,24-25,27H,15-17H2,1-7H3,(H2,32,36)(H,33,37)(H,34,39). The molecule has 2 aromatic rings. The first-order valence-electron chi connectivity index (χ1n) is 13.8. The van der Waals surface area contributed by atoms with Gasteiger partial charge in [-0.2, -0.15) is 0 Å². The second-order valence-corrected chi connectivity index (χ2v) is 11.6. The van der Waals surface area contributed by atoms with Gasteiger partial charge in [-0.1, -0.05) is 25.1 Å². The first-order valence-corrected chi connectivity index (χ1v) is 13.8. The maximum atomic E-state index is 14.3. The molecule has 1 fully saturated rings. The van der Waals surface area contributed by atoms with Crippen LogP contribution in [-0.4, -0.2) is 53.5 Å². The van der Waals surface area contributed by atoms with Gasteiger partial charge < -0.3 is 30.7 Å². The minimum Gasteiger partial charge on any atom is -0.497 e. The Hall–Kier alpha value is -4.08. The Labute approximate surface area is 241 Å². The molecular weight excluding hydrogens is 524 g/mol. The van der Waals surface area contributed by atoms with E-state index in [2.05, 4.69) is 10.6 Å². The zero-order valence-electron chi connectivity index (χ0n) is 24.9. The number of aryl methyl sites for hydroxylation is 1. The van der Waals surface area contributed by atoms with Crippen molar-refractivity contribution >= 4 is 29.5 Å². The number of ether oxygens (including phenoxy) is 2. The third-order valence-electron chi connectivity index (χ3n) is 7.17. The van der Waals surface area contributed by atoms with Crippen molar-refractivity contribution in [1.82, 2.24) is 10.2 Å². The SMILES string of the molecule is COc1ccc(NC(=O)C(c2cccc(C)c2C)N(C(=O)C(CCC(N)=O)NC(=O)OC(C)(C)C)C2CC2C)cc1. The summed E-state index contributed by atoms with van der Waals surface area (Å²) >= 11 is 0. The Morgan fingerprint density at radius 2 is 1.71 bits per heavy atom. The number of nitrogens with two attached hydrogens (primary N) is 1. The van der Waals surface area contributed by atoms with Crippen LogP contribution in [0.5, 0.6) is 5.75 Å². The second-order valence-electron chi connectivity index (χ2n) is 11.6. The van der Waals surface area contributed by atoms with Crippen molar-refractivity contribution in [2.75, 3.05) is 12.4 Å². The van der Waals surface area contributed by atoms with Crippen LogP contribution in [0.3, 0.4) is 0 Å². The third kappa shape index (κ3) is 8.45. The van der Waals surface area contributed by atoms with E-state index in [-0.39, 0.29) is 24.8 Å². The molecule has 1 aliphatic carbocycles. The van der Waals surface area contributed by atoms with Crippen molar-refractivity contribution in [2.45, 2.75) is 84.5 Å². The number of hydrogen-bond donors (Lipinski definition) is 3. The molecule has 10 nitrogen and oxygen atoms in total. The second kappa shape index (κ2) is 13.1. The highest BCUT2D eigenvalue weighted by Gasteiger charge is 2.48. The van der Waals surface area contributed by atoms with Gasteiger partial charge in [0.25, 0.3) is 5.91 Å². The molecular formula is C31H42N4O6. The third-order valence-corrected chi connectivity index (χ3v) is 7.17. The number of carbonyl (C=O) groups is 4. The predicted molar refractivity (Wildman–Crippen MR) is 156 cm³/mol. The minimum atomic E-state index is -1.13. The van der Waals surface area contributed by atoms with E-state index in [9.17, 15) is 19.2 Å². The molecule has 0 bridgehead atoms. The van der Waals surface area contributed by atoms with Gasteiger partial charge in [0.15, 0.2) is 0 Å². The van der Waals surface area contributed by atoms with E-state index >= 15 is 0 Å². The number of rotatable bonds is 11. The van der Waals surface area contributed by atoms with Crippen LogP contribution in [0, 0.1) is 19.8 Å². The Morgan fingerprint density at radius 3 is 2.24 bits per heavy atom.